The lowest BCUT2D eigenvalue weighted by molar-refractivity contribution is -0.213. The first-order valence-corrected chi connectivity index (χ1v) is 3.93. The van der Waals surface area contributed by atoms with E-state index < -0.39 is 5.82 Å². The van der Waals surface area contributed by atoms with Crippen LogP contribution in [-0.2, 0) is 4.99 Å². The molecule has 1 aromatic carbocycles. The van der Waals surface area contributed by atoms with E-state index in [2.05, 4.69) is 31.7 Å². The van der Waals surface area contributed by atoms with Gasteiger partial charge in [0.2, 0.25) is 5.75 Å². The zero-order valence-electron chi connectivity index (χ0n) is 6.30. The van der Waals surface area contributed by atoms with Gasteiger partial charge in [0.25, 0.3) is 0 Å². The lowest BCUT2D eigenvalue weighted by Gasteiger charge is -2.03. The molecule has 0 bridgehead atoms. The molecule has 0 aliphatic carbocycles. The van der Waals surface area contributed by atoms with E-state index in [0.717, 1.165) is 5.56 Å². The molecule has 0 amide bonds. The Morgan fingerprint density at radius 2 is 2.17 bits per heavy atom. The summed E-state index contributed by atoms with van der Waals surface area (Å²) in [7, 11) is 0. The number of benzene rings is 1. The highest BCUT2D eigenvalue weighted by molar-refractivity contribution is 9.10. The summed E-state index contributed by atoms with van der Waals surface area (Å²) in [5, 5.41) is 0. The molecule has 0 radical (unpaired) electrons. The molecule has 5 heteroatoms. The lowest BCUT2D eigenvalue weighted by Crippen LogP contribution is -2.04. The minimum atomic E-state index is -0.530. The Hall–Kier alpha value is -0.650. The fraction of sp³-hybridized carbons (Fsp3) is 0.143. The molecule has 0 aromatic heterocycles. The Balaban J connectivity index is 3.05. The Kier molecular flexibility index (Phi) is 3.02. The molecule has 0 aliphatic heterocycles. The van der Waals surface area contributed by atoms with Crippen LogP contribution in [0, 0.1) is 12.7 Å². The van der Waals surface area contributed by atoms with Gasteiger partial charge < -0.3 is 4.89 Å². The van der Waals surface area contributed by atoms with E-state index in [1.54, 1.807) is 6.92 Å². The summed E-state index contributed by atoms with van der Waals surface area (Å²) in [5.41, 5.74) is 0.837. The topological polar surface area (TPSA) is 44.5 Å². The van der Waals surface area contributed by atoms with E-state index in [9.17, 15) is 4.39 Å². The first-order chi connectivity index (χ1) is 5.65. The van der Waals surface area contributed by atoms with E-state index in [4.69, 9.17) is 0 Å². The lowest BCUT2D eigenvalue weighted by atomic mass is 10.2. The second kappa shape index (κ2) is 3.84. The minimum absolute atomic E-state index is 0.0294. The fourth-order valence-electron chi connectivity index (χ4n) is 0.746. The van der Waals surface area contributed by atoms with Crippen LogP contribution in [0.5, 0.6) is 5.75 Å². The van der Waals surface area contributed by atoms with Crippen molar-refractivity contribution in [2.24, 2.45) is 5.90 Å². The predicted molar refractivity (Wildman–Crippen MR) is 44.7 cm³/mol. The van der Waals surface area contributed by atoms with Gasteiger partial charge in [-0.2, -0.15) is 5.90 Å². The molecule has 3 nitrogen and oxygen atoms in total. The third-order valence-corrected chi connectivity index (χ3v) is 2.21. The Morgan fingerprint density at radius 3 is 2.75 bits per heavy atom. The zero-order chi connectivity index (χ0) is 9.14. The molecule has 12 heavy (non-hydrogen) atoms. The first-order valence-electron chi connectivity index (χ1n) is 3.14. The normalized spacial score (nSPS) is 10.0. The molecule has 0 unspecified atom stereocenters. The van der Waals surface area contributed by atoms with Crippen LogP contribution in [0.25, 0.3) is 0 Å². The quantitative estimate of drug-likeness (QED) is 0.631. The molecule has 0 heterocycles. The van der Waals surface area contributed by atoms with Gasteiger partial charge >= 0.3 is 0 Å². The number of hydrogen-bond acceptors (Lipinski definition) is 3. The first kappa shape index (κ1) is 9.44. The van der Waals surface area contributed by atoms with Crippen molar-refractivity contribution in [2.45, 2.75) is 6.92 Å². The van der Waals surface area contributed by atoms with Gasteiger partial charge in [0.05, 0.1) is 0 Å². The molecule has 66 valence electrons. The van der Waals surface area contributed by atoms with E-state index in [1.807, 2.05) is 0 Å². The van der Waals surface area contributed by atoms with Crippen molar-refractivity contribution >= 4 is 15.9 Å². The third-order valence-electron chi connectivity index (χ3n) is 1.35. The molecule has 0 fully saturated rings. The third kappa shape index (κ3) is 1.94. The standard InChI is InChI=1S/C7H7BrFNO2/c1-4-2-7(11-12-10)6(9)3-5(4)8/h2-3H,10H2,1H3. The zero-order valence-corrected chi connectivity index (χ0v) is 7.89. The van der Waals surface area contributed by atoms with Crippen LogP contribution in [0.4, 0.5) is 4.39 Å². The maximum atomic E-state index is 12.9. The van der Waals surface area contributed by atoms with Crippen LogP contribution in [0.1, 0.15) is 5.56 Å². The van der Waals surface area contributed by atoms with Crippen LogP contribution in [-0.4, -0.2) is 0 Å². The number of nitrogens with two attached hydrogens (primary N) is 1. The largest absolute Gasteiger partial charge is 0.316 e. The Labute approximate surface area is 77.3 Å². The van der Waals surface area contributed by atoms with Gasteiger partial charge in [-0.05, 0) is 24.6 Å². The molecule has 2 N–H and O–H groups in total. The van der Waals surface area contributed by atoms with Crippen LogP contribution < -0.4 is 10.8 Å². The predicted octanol–water partition coefficient (Wildman–Crippen LogP) is 2.08. The summed E-state index contributed by atoms with van der Waals surface area (Å²) in [6, 6.07) is 2.76. The number of halogens is 2. The van der Waals surface area contributed by atoms with Crippen molar-refractivity contribution in [3.8, 4) is 5.75 Å². The summed E-state index contributed by atoms with van der Waals surface area (Å²) >= 11 is 3.16. The molecular formula is C7H7BrFNO2. The molecule has 0 saturated carbocycles. The molecule has 0 spiro atoms. The van der Waals surface area contributed by atoms with E-state index in [0.29, 0.717) is 4.47 Å². The van der Waals surface area contributed by atoms with Crippen LogP contribution >= 0.6 is 15.9 Å². The Bertz CT molecular complexity index is 293. The summed E-state index contributed by atoms with van der Waals surface area (Å²) < 4.78 is 13.6. The van der Waals surface area contributed by atoms with Crippen molar-refractivity contribution in [1.29, 1.82) is 0 Å². The fourth-order valence-corrected chi connectivity index (χ4v) is 1.06. The smallest absolute Gasteiger partial charge is 0.203 e. The number of aryl methyl sites for hydroxylation is 1. The highest BCUT2D eigenvalue weighted by Gasteiger charge is 2.07. The second-order valence-corrected chi connectivity index (χ2v) is 3.07. The van der Waals surface area contributed by atoms with Crippen LogP contribution in [0.3, 0.4) is 0 Å². The number of hydrogen-bond donors (Lipinski definition) is 1. The molecule has 0 atom stereocenters. The van der Waals surface area contributed by atoms with Gasteiger partial charge in [0.1, 0.15) is 0 Å². The van der Waals surface area contributed by atoms with Gasteiger partial charge in [0, 0.05) is 4.47 Å². The van der Waals surface area contributed by atoms with Gasteiger partial charge in [-0.25, -0.2) is 4.39 Å². The van der Waals surface area contributed by atoms with Crippen molar-refractivity contribution in [3.05, 3.63) is 28.0 Å². The van der Waals surface area contributed by atoms with Crippen molar-refractivity contribution in [2.75, 3.05) is 0 Å². The van der Waals surface area contributed by atoms with E-state index in [-0.39, 0.29) is 5.75 Å². The van der Waals surface area contributed by atoms with E-state index >= 15 is 0 Å². The molecule has 0 saturated heterocycles. The molecule has 1 rings (SSSR count). The maximum absolute atomic E-state index is 12.9. The number of rotatable bonds is 2. The molecular weight excluding hydrogens is 229 g/mol. The van der Waals surface area contributed by atoms with Crippen LogP contribution in [0.2, 0.25) is 0 Å². The average Bonchev–Trinajstić information content (AvgIpc) is 2.01. The molecule has 1 aromatic rings. The van der Waals surface area contributed by atoms with Gasteiger partial charge in [-0.3, -0.25) is 0 Å². The van der Waals surface area contributed by atoms with Gasteiger partial charge in [-0.1, -0.05) is 20.9 Å². The Morgan fingerprint density at radius 1 is 1.50 bits per heavy atom. The van der Waals surface area contributed by atoms with Crippen molar-refractivity contribution in [3.63, 3.8) is 0 Å². The summed E-state index contributed by atoms with van der Waals surface area (Å²) in [5.74, 6) is 4.06. The van der Waals surface area contributed by atoms with Crippen molar-refractivity contribution in [1.82, 2.24) is 0 Å². The molecule has 0 aliphatic rings. The second-order valence-electron chi connectivity index (χ2n) is 2.21. The van der Waals surface area contributed by atoms with Gasteiger partial charge in [0.15, 0.2) is 5.82 Å². The van der Waals surface area contributed by atoms with Crippen LogP contribution in [0.15, 0.2) is 16.6 Å². The highest BCUT2D eigenvalue weighted by Crippen LogP contribution is 2.25. The average molecular weight is 236 g/mol. The monoisotopic (exact) mass is 235 g/mol. The highest BCUT2D eigenvalue weighted by atomic mass is 79.9. The van der Waals surface area contributed by atoms with Gasteiger partial charge in [-0.15, -0.1) is 0 Å². The SMILES string of the molecule is Cc1cc(OON)c(F)cc1Br. The minimum Gasteiger partial charge on any atom is -0.316 e. The van der Waals surface area contributed by atoms with Crippen molar-refractivity contribution < 1.29 is 14.3 Å². The summed E-state index contributed by atoms with van der Waals surface area (Å²) in [6.45, 7) is 1.80. The summed E-state index contributed by atoms with van der Waals surface area (Å²) in [6.07, 6.45) is 0. The van der Waals surface area contributed by atoms with E-state index in [1.165, 1.54) is 12.1 Å². The summed E-state index contributed by atoms with van der Waals surface area (Å²) in [4.78, 5) is 8.20. The maximum Gasteiger partial charge on any atom is 0.203 e.